The first-order valence-electron chi connectivity index (χ1n) is 22.4. The minimum absolute atomic E-state index is 0.134. The summed E-state index contributed by atoms with van der Waals surface area (Å²) in [5.41, 5.74) is 8.52. The van der Waals surface area contributed by atoms with E-state index in [1.165, 1.54) is 5.56 Å². The predicted octanol–water partition coefficient (Wildman–Crippen LogP) is 4.43. The number of piperazine rings is 1. The molecular weight excluding hydrogens is 799 g/mol. The van der Waals surface area contributed by atoms with Crippen molar-refractivity contribution >= 4 is 46.7 Å². The molecule has 6 aliphatic heterocycles. The summed E-state index contributed by atoms with van der Waals surface area (Å²) < 4.78 is 7.98. The average molecular weight is 854 g/mol. The second-order valence-electron chi connectivity index (χ2n) is 18.2. The van der Waals surface area contributed by atoms with Crippen LogP contribution in [0.2, 0.25) is 0 Å². The molecule has 10 rings (SSSR count). The van der Waals surface area contributed by atoms with Gasteiger partial charge in [0.1, 0.15) is 6.04 Å². The number of fused-ring (bicyclic) bond motifs is 8. The molecule has 1 unspecified atom stereocenters. The number of rotatable bonds is 6. The Morgan fingerprint density at radius 3 is 2.56 bits per heavy atom. The number of pyridine rings is 1. The number of amides is 4. The van der Waals surface area contributed by atoms with Crippen LogP contribution in [0.4, 0.5) is 17.1 Å². The number of aryl methyl sites for hydroxylation is 2. The molecule has 6 aliphatic rings. The summed E-state index contributed by atoms with van der Waals surface area (Å²) in [6.07, 6.45) is 5.29. The monoisotopic (exact) mass is 853 g/mol. The number of nitrogens with one attached hydrogen (secondary N) is 2. The lowest BCUT2D eigenvalue weighted by Crippen LogP contribution is -2.52. The van der Waals surface area contributed by atoms with Crippen LogP contribution in [0.3, 0.4) is 0 Å². The molecule has 4 aromatic rings. The fraction of sp³-hybridized carbons (Fsp3) is 0.468. The number of anilines is 3. The summed E-state index contributed by atoms with van der Waals surface area (Å²) in [6.45, 7) is 13.7. The maximum atomic E-state index is 13.8. The molecule has 4 amide bonds. The molecule has 0 radical (unpaired) electrons. The second kappa shape index (κ2) is 16.9. The molecule has 2 aromatic heterocycles. The normalized spacial score (nSPS) is 24.1. The quantitative estimate of drug-likeness (QED) is 0.263. The van der Waals surface area contributed by atoms with Crippen molar-refractivity contribution in [3.8, 4) is 17.1 Å². The molecule has 3 atom stereocenters. The van der Waals surface area contributed by atoms with Crippen molar-refractivity contribution in [2.75, 3.05) is 74.1 Å². The Morgan fingerprint density at radius 2 is 1.71 bits per heavy atom. The van der Waals surface area contributed by atoms with E-state index in [2.05, 4.69) is 66.5 Å². The Kier molecular flexibility index (Phi) is 11.0. The summed E-state index contributed by atoms with van der Waals surface area (Å²) in [7, 11) is 1.85. The van der Waals surface area contributed by atoms with E-state index in [9.17, 15) is 19.2 Å². The van der Waals surface area contributed by atoms with Crippen molar-refractivity contribution in [1.29, 1.82) is 0 Å². The van der Waals surface area contributed by atoms with Crippen LogP contribution in [0.5, 0.6) is 5.88 Å². The number of piperidine rings is 1. The molecule has 0 aliphatic carbocycles. The summed E-state index contributed by atoms with van der Waals surface area (Å²) in [6, 6.07) is 15.6. The van der Waals surface area contributed by atoms with E-state index < -0.39 is 6.04 Å². The van der Waals surface area contributed by atoms with Crippen molar-refractivity contribution in [2.45, 2.75) is 65.1 Å². The Hall–Kier alpha value is -6.13. The molecule has 3 saturated heterocycles. The van der Waals surface area contributed by atoms with Gasteiger partial charge in [-0.2, -0.15) is 10.1 Å². The van der Waals surface area contributed by atoms with Crippen molar-refractivity contribution < 1.29 is 23.9 Å². The minimum atomic E-state index is -0.603. The van der Waals surface area contributed by atoms with Crippen LogP contribution in [-0.2, 0) is 29.7 Å². The van der Waals surface area contributed by atoms with Gasteiger partial charge in [0.15, 0.2) is 0 Å². The van der Waals surface area contributed by atoms with E-state index in [-0.39, 0.29) is 30.0 Å². The molecule has 63 heavy (non-hydrogen) atoms. The van der Waals surface area contributed by atoms with E-state index in [1.54, 1.807) is 27.9 Å². The fourth-order valence-corrected chi connectivity index (χ4v) is 10.2. The van der Waals surface area contributed by atoms with Crippen molar-refractivity contribution in [3.63, 3.8) is 0 Å². The highest BCUT2D eigenvalue weighted by Gasteiger charge is 2.40. The number of nitrogens with zero attached hydrogens (tertiary/aromatic N) is 9. The minimum Gasteiger partial charge on any atom is -0.477 e. The topological polar surface area (TPSA) is 161 Å². The van der Waals surface area contributed by atoms with Gasteiger partial charge in [-0.3, -0.25) is 34.4 Å². The first-order chi connectivity index (χ1) is 30.5. The number of hydrogen-bond donors (Lipinski definition) is 2. The molecule has 2 bridgehead atoms. The third-order valence-corrected chi connectivity index (χ3v) is 13.5. The van der Waals surface area contributed by atoms with E-state index in [0.717, 1.165) is 99.8 Å². The van der Waals surface area contributed by atoms with Crippen LogP contribution in [0.1, 0.15) is 76.6 Å². The van der Waals surface area contributed by atoms with Gasteiger partial charge in [-0.15, -0.1) is 0 Å². The van der Waals surface area contributed by atoms with Gasteiger partial charge >= 0.3 is 0 Å². The van der Waals surface area contributed by atoms with Crippen LogP contribution in [-0.4, -0.2) is 124 Å². The van der Waals surface area contributed by atoms with E-state index in [0.29, 0.717) is 72.3 Å². The van der Waals surface area contributed by atoms with E-state index >= 15 is 0 Å². The lowest BCUT2D eigenvalue weighted by molar-refractivity contribution is -0.136. The smallest absolute Gasteiger partial charge is 0.280 e. The number of benzene rings is 2. The number of guanidine groups is 1. The molecule has 2 aromatic carbocycles. The number of aliphatic imine (C=N–C) groups is 1. The maximum Gasteiger partial charge on any atom is 0.280 e. The van der Waals surface area contributed by atoms with Gasteiger partial charge < -0.3 is 29.7 Å². The SMILES string of the molecule is Cc1cc2cc(n1)-c1cnn(C)c1OCCC[C@@H](C)CN1/C(=N/C2=O)Nc2ccc(CN3CCN(C[C@@H]4CCN(c5ccc6c(c5)CN(C5CCC(=O)NC5=O)C6=O)C4)CC3)cc21. The number of carbonyl (C=O) groups is 4. The number of imide groups is 1. The number of ether oxygens (including phenoxy) is 1. The van der Waals surface area contributed by atoms with Crippen LogP contribution in [0.25, 0.3) is 11.3 Å². The number of hydrogen-bond acceptors (Lipinski definition) is 12. The summed E-state index contributed by atoms with van der Waals surface area (Å²) in [5, 5.41) is 10.3. The lowest BCUT2D eigenvalue weighted by Gasteiger charge is -2.36. The van der Waals surface area contributed by atoms with Crippen molar-refractivity contribution in [3.05, 3.63) is 82.7 Å². The Balaban J connectivity index is 0.757. The molecule has 0 spiro atoms. The highest BCUT2D eigenvalue weighted by Crippen LogP contribution is 2.37. The standard InChI is InChI=1S/C47H55N11O5/c1-29-5-4-18-63-46-37(23-48-53(46)3)39-22-33(19-30(2)49-39)43(60)52-47-50-38-9-6-31(20-41(38)58(47)24-29)25-54-14-16-55(17-15-54)26-32-12-13-56(27-32)35-7-8-36-34(21-35)28-57(45(36)62)40-10-11-42(59)51-44(40)61/h6-9,19-23,29,32,40H,4-5,10-18,24-28H2,1-3H3,(H,50,52,60)(H,51,59,61)/t29-,32+,40?/m1/s1. The van der Waals surface area contributed by atoms with Gasteiger partial charge in [0.2, 0.25) is 23.7 Å². The van der Waals surface area contributed by atoms with Gasteiger partial charge in [-0.05, 0) is 98.0 Å². The largest absolute Gasteiger partial charge is 0.477 e. The number of carbonyl (C=O) groups excluding carboxylic acids is 4. The van der Waals surface area contributed by atoms with Gasteiger partial charge in [0.05, 0.1) is 35.4 Å². The molecule has 8 heterocycles. The van der Waals surface area contributed by atoms with Crippen molar-refractivity contribution in [2.24, 2.45) is 23.9 Å². The summed E-state index contributed by atoms with van der Waals surface area (Å²) in [5.74, 6) is 0.932. The Bertz CT molecular complexity index is 2510. The van der Waals surface area contributed by atoms with Crippen LogP contribution < -0.4 is 25.2 Å². The number of aromatic nitrogens is 3. The highest BCUT2D eigenvalue weighted by molar-refractivity contribution is 6.19. The fourth-order valence-electron chi connectivity index (χ4n) is 10.2. The molecule has 16 nitrogen and oxygen atoms in total. The van der Waals surface area contributed by atoms with Gasteiger partial charge in [-0.1, -0.05) is 13.0 Å². The summed E-state index contributed by atoms with van der Waals surface area (Å²) in [4.78, 5) is 72.1. The van der Waals surface area contributed by atoms with E-state index in [4.69, 9.17) is 14.7 Å². The molecule has 2 N–H and O–H groups in total. The Morgan fingerprint density at radius 1 is 0.873 bits per heavy atom. The third-order valence-electron chi connectivity index (χ3n) is 13.5. The lowest BCUT2D eigenvalue weighted by atomic mass is 10.0. The van der Waals surface area contributed by atoms with Crippen LogP contribution in [0.15, 0.2) is 59.7 Å². The zero-order valence-electron chi connectivity index (χ0n) is 36.3. The van der Waals surface area contributed by atoms with Gasteiger partial charge in [0, 0.05) is 101 Å². The molecule has 0 saturated carbocycles. The van der Waals surface area contributed by atoms with Crippen LogP contribution in [0, 0.1) is 18.8 Å². The third kappa shape index (κ3) is 8.29. The van der Waals surface area contributed by atoms with Gasteiger partial charge in [0.25, 0.3) is 11.8 Å². The first kappa shape index (κ1) is 40.9. The van der Waals surface area contributed by atoms with Crippen LogP contribution >= 0.6 is 0 Å². The summed E-state index contributed by atoms with van der Waals surface area (Å²) >= 11 is 0. The first-order valence-corrected chi connectivity index (χ1v) is 22.4. The molecular formula is C47H55N11O5. The van der Waals surface area contributed by atoms with Crippen molar-refractivity contribution in [1.82, 2.24) is 34.8 Å². The average Bonchev–Trinajstić information content (AvgIpc) is 4.04. The van der Waals surface area contributed by atoms with E-state index in [1.807, 2.05) is 26.1 Å². The molecule has 16 heteroatoms. The predicted molar refractivity (Wildman–Crippen MR) is 239 cm³/mol. The second-order valence-corrected chi connectivity index (χ2v) is 18.2. The molecule has 328 valence electrons. The zero-order chi connectivity index (χ0) is 43.4. The highest BCUT2D eigenvalue weighted by atomic mass is 16.5. The van der Waals surface area contributed by atoms with Gasteiger partial charge in [-0.25, -0.2) is 4.68 Å². The Labute approximate surface area is 367 Å². The maximum absolute atomic E-state index is 13.8. The molecule has 3 fully saturated rings. The zero-order valence-corrected chi connectivity index (χ0v) is 36.3.